The predicted octanol–water partition coefficient (Wildman–Crippen LogP) is 2.79. The van der Waals surface area contributed by atoms with Crippen LogP contribution >= 0.6 is 12.4 Å². The first-order valence-electron chi connectivity index (χ1n) is 6.60. The quantitative estimate of drug-likeness (QED) is 0.805. The van der Waals surface area contributed by atoms with Crippen LogP contribution in [0.5, 0.6) is 0 Å². The number of hydrogen-bond donors (Lipinski definition) is 1. The summed E-state index contributed by atoms with van der Waals surface area (Å²) in [5.41, 5.74) is 5.08. The number of rotatable bonds is 4. The number of likely N-dealkylation sites (tertiary alicyclic amines) is 1. The normalized spacial score (nSPS) is 19.6. The molecule has 18 heavy (non-hydrogen) atoms. The second-order valence-electron chi connectivity index (χ2n) is 5.87. The second kappa shape index (κ2) is 7.85. The summed E-state index contributed by atoms with van der Waals surface area (Å²) in [6.07, 6.45) is 4.37. The van der Waals surface area contributed by atoms with Gasteiger partial charge in [-0.25, -0.2) is 4.79 Å². The lowest BCUT2D eigenvalue weighted by atomic mass is 10.0. The highest BCUT2D eigenvalue weighted by Gasteiger charge is 2.29. The van der Waals surface area contributed by atoms with Crippen molar-refractivity contribution in [2.75, 3.05) is 19.6 Å². The molecule has 1 aliphatic rings. The summed E-state index contributed by atoms with van der Waals surface area (Å²) in [6, 6.07) is 0. The van der Waals surface area contributed by atoms with Crippen LogP contribution in [0.4, 0.5) is 4.79 Å². The average molecular weight is 279 g/mol. The molecule has 1 rings (SSSR count). The molecule has 0 aromatic rings. The molecule has 1 atom stereocenters. The van der Waals surface area contributed by atoms with E-state index in [4.69, 9.17) is 10.5 Å². The molecule has 1 fully saturated rings. The van der Waals surface area contributed by atoms with Gasteiger partial charge >= 0.3 is 6.09 Å². The van der Waals surface area contributed by atoms with Gasteiger partial charge in [0.1, 0.15) is 5.60 Å². The van der Waals surface area contributed by atoms with Crippen LogP contribution in [-0.2, 0) is 4.74 Å². The van der Waals surface area contributed by atoms with Crippen molar-refractivity contribution in [2.24, 2.45) is 11.7 Å². The molecule has 1 heterocycles. The van der Waals surface area contributed by atoms with Crippen LogP contribution in [0.3, 0.4) is 0 Å². The van der Waals surface area contributed by atoms with Crippen LogP contribution in [0.1, 0.15) is 46.5 Å². The molecule has 0 bridgehead atoms. The number of halogens is 1. The Morgan fingerprint density at radius 3 is 2.61 bits per heavy atom. The van der Waals surface area contributed by atoms with Crippen LogP contribution in [0.25, 0.3) is 0 Å². The maximum absolute atomic E-state index is 11.8. The van der Waals surface area contributed by atoms with E-state index < -0.39 is 5.60 Å². The third-order valence-corrected chi connectivity index (χ3v) is 3.00. The molecule has 0 aromatic heterocycles. The zero-order chi connectivity index (χ0) is 12.9. The molecule has 1 amide bonds. The SMILES string of the molecule is CC(C)(C)OC(=O)N1CCC(CCCCN)C1.Cl. The van der Waals surface area contributed by atoms with Crippen molar-refractivity contribution in [3.05, 3.63) is 0 Å². The van der Waals surface area contributed by atoms with E-state index in [2.05, 4.69) is 0 Å². The minimum atomic E-state index is -0.394. The Morgan fingerprint density at radius 1 is 1.39 bits per heavy atom. The van der Waals surface area contributed by atoms with Crippen molar-refractivity contribution in [2.45, 2.75) is 52.1 Å². The highest BCUT2D eigenvalue weighted by Crippen LogP contribution is 2.23. The van der Waals surface area contributed by atoms with Crippen molar-refractivity contribution in [1.29, 1.82) is 0 Å². The Labute approximate surface area is 117 Å². The number of unbranched alkanes of at least 4 members (excludes halogenated alkanes) is 1. The number of carbonyl (C=O) groups is 1. The minimum Gasteiger partial charge on any atom is -0.444 e. The molecule has 0 spiro atoms. The van der Waals surface area contributed by atoms with Gasteiger partial charge in [0.25, 0.3) is 0 Å². The van der Waals surface area contributed by atoms with Gasteiger partial charge in [-0.05, 0) is 52.5 Å². The predicted molar refractivity (Wildman–Crippen MR) is 76.1 cm³/mol. The molecular weight excluding hydrogens is 252 g/mol. The van der Waals surface area contributed by atoms with E-state index in [1.165, 1.54) is 12.8 Å². The van der Waals surface area contributed by atoms with Gasteiger partial charge in [0.2, 0.25) is 0 Å². The number of ether oxygens (including phenoxy) is 1. The molecule has 5 heteroatoms. The maximum atomic E-state index is 11.8. The smallest absolute Gasteiger partial charge is 0.410 e. The molecule has 1 aliphatic heterocycles. The Kier molecular flexibility index (Phi) is 7.64. The molecule has 108 valence electrons. The number of nitrogens with zero attached hydrogens (tertiary/aromatic N) is 1. The third kappa shape index (κ3) is 6.45. The standard InChI is InChI=1S/C13H26N2O2.ClH/c1-13(2,3)17-12(16)15-9-7-11(10-15)6-4-5-8-14;/h11H,4-10,14H2,1-3H3;1H. The molecular formula is C13H27ClN2O2. The Morgan fingerprint density at radius 2 is 2.06 bits per heavy atom. The lowest BCUT2D eigenvalue weighted by Crippen LogP contribution is -2.35. The summed E-state index contributed by atoms with van der Waals surface area (Å²) in [6.45, 7) is 8.16. The lowest BCUT2D eigenvalue weighted by Gasteiger charge is -2.24. The third-order valence-electron chi connectivity index (χ3n) is 3.00. The van der Waals surface area contributed by atoms with E-state index in [0.717, 1.165) is 32.5 Å². The van der Waals surface area contributed by atoms with Gasteiger partial charge in [0.15, 0.2) is 0 Å². The maximum Gasteiger partial charge on any atom is 0.410 e. The Balaban J connectivity index is 0.00000289. The Bertz CT molecular complexity index is 254. The number of nitrogens with two attached hydrogens (primary N) is 1. The van der Waals surface area contributed by atoms with Crippen molar-refractivity contribution >= 4 is 18.5 Å². The highest BCUT2D eigenvalue weighted by atomic mass is 35.5. The fraction of sp³-hybridized carbons (Fsp3) is 0.923. The molecule has 2 N–H and O–H groups in total. The lowest BCUT2D eigenvalue weighted by molar-refractivity contribution is 0.0287. The summed E-state index contributed by atoms with van der Waals surface area (Å²) < 4.78 is 5.36. The van der Waals surface area contributed by atoms with Crippen LogP contribution in [-0.4, -0.2) is 36.2 Å². The van der Waals surface area contributed by atoms with Gasteiger partial charge in [-0.15, -0.1) is 12.4 Å². The van der Waals surface area contributed by atoms with E-state index in [0.29, 0.717) is 5.92 Å². The van der Waals surface area contributed by atoms with E-state index in [1.54, 1.807) is 0 Å². The van der Waals surface area contributed by atoms with Crippen LogP contribution < -0.4 is 5.73 Å². The van der Waals surface area contributed by atoms with Crippen molar-refractivity contribution in [1.82, 2.24) is 4.90 Å². The Hall–Kier alpha value is -0.480. The molecule has 0 saturated carbocycles. The average Bonchev–Trinajstić information content (AvgIpc) is 2.64. The van der Waals surface area contributed by atoms with Gasteiger partial charge in [0.05, 0.1) is 0 Å². The van der Waals surface area contributed by atoms with Crippen LogP contribution in [0, 0.1) is 5.92 Å². The molecule has 4 nitrogen and oxygen atoms in total. The first-order chi connectivity index (χ1) is 7.92. The monoisotopic (exact) mass is 278 g/mol. The van der Waals surface area contributed by atoms with Crippen LogP contribution in [0.15, 0.2) is 0 Å². The van der Waals surface area contributed by atoms with Crippen LogP contribution in [0.2, 0.25) is 0 Å². The van der Waals surface area contributed by atoms with Gasteiger partial charge in [-0.2, -0.15) is 0 Å². The topological polar surface area (TPSA) is 55.6 Å². The summed E-state index contributed by atoms with van der Waals surface area (Å²) in [7, 11) is 0. The molecule has 0 radical (unpaired) electrons. The van der Waals surface area contributed by atoms with Gasteiger partial charge in [-0.1, -0.05) is 6.42 Å². The minimum absolute atomic E-state index is 0. The van der Waals surface area contributed by atoms with Gasteiger partial charge < -0.3 is 15.4 Å². The van der Waals surface area contributed by atoms with E-state index in [9.17, 15) is 4.79 Å². The van der Waals surface area contributed by atoms with Crippen molar-refractivity contribution in [3.63, 3.8) is 0 Å². The fourth-order valence-electron chi connectivity index (χ4n) is 2.14. The first-order valence-corrected chi connectivity index (χ1v) is 6.60. The zero-order valence-electron chi connectivity index (χ0n) is 11.8. The molecule has 1 saturated heterocycles. The fourth-order valence-corrected chi connectivity index (χ4v) is 2.14. The molecule has 1 unspecified atom stereocenters. The summed E-state index contributed by atoms with van der Waals surface area (Å²) >= 11 is 0. The van der Waals surface area contributed by atoms with Crippen molar-refractivity contribution in [3.8, 4) is 0 Å². The highest BCUT2D eigenvalue weighted by molar-refractivity contribution is 5.85. The van der Waals surface area contributed by atoms with Crippen molar-refractivity contribution < 1.29 is 9.53 Å². The van der Waals surface area contributed by atoms with E-state index in [-0.39, 0.29) is 18.5 Å². The largest absolute Gasteiger partial charge is 0.444 e. The summed E-state index contributed by atoms with van der Waals surface area (Å²) in [5, 5.41) is 0. The summed E-state index contributed by atoms with van der Waals surface area (Å²) in [4.78, 5) is 13.7. The summed E-state index contributed by atoms with van der Waals surface area (Å²) in [5.74, 6) is 0.633. The van der Waals surface area contributed by atoms with E-state index in [1.807, 2.05) is 25.7 Å². The number of hydrogen-bond acceptors (Lipinski definition) is 3. The molecule has 0 aliphatic carbocycles. The number of carbonyl (C=O) groups excluding carboxylic acids is 1. The van der Waals surface area contributed by atoms with Gasteiger partial charge in [-0.3, -0.25) is 0 Å². The van der Waals surface area contributed by atoms with E-state index >= 15 is 0 Å². The second-order valence-corrected chi connectivity index (χ2v) is 5.87. The molecule has 0 aromatic carbocycles. The number of amides is 1. The first kappa shape index (κ1) is 17.5. The zero-order valence-corrected chi connectivity index (χ0v) is 12.6. The van der Waals surface area contributed by atoms with Gasteiger partial charge in [0, 0.05) is 13.1 Å².